The summed E-state index contributed by atoms with van der Waals surface area (Å²) in [4.78, 5) is 0. The molecule has 5 nitrogen and oxygen atoms in total. The summed E-state index contributed by atoms with van der Waals surface area (Å²) in [7, 11) is 1.68. The first kappa shape index (κ1) is 12.9. The zero-order chi connectivity index (χ0) is 13.0. The lowest BCUT2D eigenvalue weighted by molar-refractivity contribution is -0.746. The third-order valence-electron chi connectivity index (χ3n) is 2.64. The highest BCUT2D eigenvalue weighted by Crippen LogP contribution is 2.11. The van der Waals surface area contributed by atoms with Crippen LogP contribution in [0.2, 0.25) is 5.02 Å². The minimum atomic E-state index is -0.396. The van der Waals surface area contributed by atoms with Crippen LogP contribution in [0, 0.1) is 0 Å². The van der Waals surface area contributed by atoms with Gasteiger partial charge in [0, 0.05) is 5.02 Å². The molecule has 0 saturated carbocycles. The molecule has 1 heterocycles. The fourth-order valence-electron chi connectivity index (χ4n) is 1.65. The molecule has 0 amide bonds. The van der Waals surface area contributed by atoms with E-state index in [0.717, 1.165) is 23.6 Å². The first-order chi connectivity index (χ1) is 8.66. The van der Waals surface area contributed by atoms with Crippen LogP contribution >= 0.6 is 11.6 Å². The summed E-state index contributed by atoms with van der Waals surface area (Å²) in [5, 5.41) is 18.7. The minimum Gasteiger partial charge on any atom is -0.539 e. The predicted molar refractivity (Wildman–Crippen MR) is 64.0 cm³/mol. The van der Waals surface area contributed by atoms with Gasteiger partial charge in [-0.3, -0.25) is 0 Å². The zero-order valence-electron chi connectivity index (χ0n) is 10.0. The van der Waals surface area contributed by atoms with Crippen LogP contribution in [0.25, 0.3) is 0 Å². The monoisotopic (exact) mass is 267 g/mol. The smallest absolute Gasteiger partial charge is 0.246 e. The van der Waals surface area contributed by atoms with E-state index in [0.29, 0.717) is 12.2 Å². The third kappa shape index (κ3) is 3.21. The zero-order valence-corrected chi connectivity index (χ0v) is 10.8. The average Bonchev–Trinajstić information content (AvgIpc) is 2.66. The molecule has 0 radical (unpaired) electrons. The number of aromatic nitrogens is 2. The Kier molecular flexibility index (Phi) is 4.17. The van der Waals surface area contributed by atoms with Crippen molar-refractivity contribution in [3.63, 3.8) is 0 Å². The fraction of sp³-hybridized carbons (Fsp3) is 0.333. The van der Waals surface area contributed by atoms with Crippen LogP contribution in [0.4, 0.5) is 0 Å². The highest BCUT2D eigenvalue weighted by Gasteiger charge is 2.11. The topological polar surface area (TPSA) is 65.0 Å². The lowest BCUT2D eigenvalue weighted by atomic mass is 10.1. The Balaban J connectivity index is 1.80. The Morgan fingerprint density at radius 3 is 3.00 bits per heavy atom. The molecule has 0 saturated heterocycles. The Hall–Kier alpha value is -1.59. The third-order valence-corrected chi connectivity index (χ3v) is 2.88. The second-order valence-corrected chi connectivity index (χ2v) is 4.42. The molecule has 0 atom stereocenters. The van der Waals surface area contributed by atoms with Gasteiger partial charge >= 0.3 is 0 Å². The normalized spacial score (nSPS) is 10.8. The van der Waals surface area contributed by atoms with Gasteiger partial charge in [-0.1, -0.05) is 28.4 Å². The van der Waals surface area contributed by atoms with Crippen molar-refractivity contribution in [3.8, 4) is 5.95 Å². The minimum absolute atomic E-state index is 0.396. The maximum absolute atomic E-state index is 11.2. The van der Waals surface area contributed by atoms with Crippen LogP contribution < -0.4 is 15.1 Å². The number of hydrogen-bond acceptors (Lipinski definition) is 4. The highest BCUT2D eigenvalue weighted by molar-refractivity contribution is 6.30. The lowest BCUT2D eigenvalue weighted by Crippen LogP contribution is -2.37. The molecule has 18 heavy (non-hydrogen) atoms. The Morgan fingerprint density at radius 2 is 2.33 bits per heavy atom. The van der Waals surface area contributed by atoms with Gasteiger partial charge in [0.15, 0.2) is 13.0 Å². The molecule has 0 spiro atoms. The summed E-state index contributed by atoms with van der Waals surface area (Å²) >= 11 is 5.89. The molecule has 1 aromatic carbocycles. The van der Waals surface area contributed by atoms with E-state index in [1.165, 1.54) is 4.68 Å². The van der Waals surface area contributed by atoms with E-state index in [9.17, 15) is 5.11 Å². The summed E-state index contributed by atoms with van der Waals surface area (Å²) in [6.45, 7) is 1.20. The van der Waals surface area contributed by atoms with E-state index in [-0.39, 0.29) is 0 Å². The predicted octanol–water partition coefficient (Wildman–Crippen LogP) is 0.558. The van der Waals surface area contributed by atoms with Crippen molar-refractivity contribution < 1.29 is 14.3 Å². The SMILES string of the molecule is C[n+]1noc([O-])c1CNCCc1cccc(Cl)c1. The molecule has 0 aliphatic carbocycles. The quantitative estimate of drug-likeness (QED) is 0.635. The number of hydrogen-bond donors (Lipinski definition) is 1. The summed E-state index contributed by atoms with van der Waals surface area (Å²) in [5.74, 6) is -0.396. The number of nitrogens with one attached hydrogen (secondary N) is 1. The average molecular weight is 268 g/mol. The van der Waals surface area contributed by atoms with Crippen molar-refractivity contribution >= 4 is 11.6 Å². The van der Waals surface area contributed by atoms with Crippen LogP contribution in [0.1, 0.15) is 11.3 Å². The molecule has 0 unspecified atom stereocenters. The molecule has 0 bridgehead atoms. The number of aryl methyl sites for hydroxylation is 1. The van der Waals surface area contributed by atoms with E-state index in [1.807, 2.05) is 24.3 Å². The molecule has 2 aromatic rings. The maximum atomic E-state index is 11.2. The first-order valence-corrected chi connectivity index (χ1v) is 6.01. The van der Waals surface area contributed by atoms with Gasteiger partial charge in [-0.2, -0.15) is 0 Å². The summed E-state index contributed by atoms with van der Waals surface area (Å²) in [6.07, 6.45) is 0.851. The van der Waals surface area contributed by atoms with Crippen LogP contribution in [-0.2, 0) is 20.0 Å². The number of halogens is 1. The molecule has 0 fully saturated rings. The van der Waals surface area contributed by atoms with Crippen molar-refractivity contribution in [1.82, 2.24) is 10.6 Å². The molecule has 1 aromatic heterocycles. The van der Waals surface area contributed by atoms with Crippen LogP contribution in [0.3, 0.4) is 0 Å². The fourth-order valence-corrected chi connectivity index (χ4v) is 1.86. The van der Waals surface area contributed by atoms with Crippen LogP contribution in [0.5, 0.6) is 5.95 Å². The largest absolute Gasteiger partial charge is 0.539 e. The summed E-state index contributed by atoms with van der Waals surface area (Å²) < 4.78 is 5.97. The second-order valence-electron chi connectivity index (χ2n) is 3.99. The van der Waals surface area contributed by atoms with Gasteiger partial charge in [0.05, 0.1) is 11.8 Å². The maximum Gasteiger partial charge on any atom is 0.246 e. The Morgan fingerprint density at radius 1 is 1.50 bits per heavy atom. The van der Waals surface area contributed by atoms with Gasteiger partial charge in [0.2, 0.25) is 5.69 Å². The number of benzene rings is 1. The first-order valence-electron chi connectivity index (χ1n) is 5.64. The molecule has 0 aliphatic heterocycles. The van der Waals surface area contributed by atoms with Crippen molar-refractivity contribution in [1.29, 1.82) is 0 Å². The van der Waals surface area contributed by atoms with Gasteiger partial charge in [0.25, 0.3) is 0 Å². The van der Waals surface area contributed by atoms with Gasteiger partial charge in [0.1, 0.15) is 0 Å². The van der Waals surface area contributed by atoms with Crippen molar-refractivity contribution in [3.05, 3.63) is 40.5 Å². The molecule has 96 valence electrons. The van der Waals surface area contributed by atoms with Crippen LogP contribution in [-0.4, -0.2) is 11.8 Å². The van der Waals surface area contributed by atoms with Crippen molar-refractivity contribution in [2.75, 3.05) is 6.54 Å². The number of rotatable bonds is 5. The van der Waals surface area contributed by atoms with E-state index in [1.54, 1.807) is 7.05 Å². The standard InChI is InChI=1S/C12H14ClN3O2/c1-16-11(12(17)18-15-16)8-14-6-5-9-3-2-4-10(13)7-9/h2-4,7,14H,5-6,8H2,1H3. The van der Waals surface area contributed by atoms with Crippen molar-refractivity contribution in [2.24, 2.45) is 7.05 Å². The van der Waals surface area contributed by atoms with E-state index < -0.39 is 5.95 Å². The molecule has 2 rings (SSSR count). The van der Waals surface area contributed by atoms with Gasteiger partial charge in [-0.05, 0) is 30.7 Å². The summed E-state index contributed by atoms with van der Waals surface area (Å²) in [5.41, 5.74) is 1.67. The van der Waals surface area contributed by atoms with E-state index >= 15 is 0 Å². The second kappa shape index (κ2) is 5.84. The molecular weight excluding hydrogens is 254 g/mol. The van der Waals surface area contributed by atoms with E-state index in [2.05, 4.69) is 15.1 Å². The Bertz CT molecular complexity index is 508. The highest BCUT2D eigenvalue weighted by atomic mass is 35.5. The number of nitrogens with zero attached hydrogens (tertiary/aromatic N) is 2. The van der Waals surface area contributed by atoms with Gasteiger partial charge < -0.3 is 14.9 Å². The summed E-state index contributed by atoms with van der Waals surface area (Å²) in [6, 6.07) is 7.72. The van der Waals surface area contributed by atoms with Crippen molar-refractivity contribution in [2.45, 2.75) is 13.0 Å². The van der Waals surface area contributed by atoms with Gasteiger partial charge in [-0.15, -0.1) is 0 Å². The molecule has 0 aliphatic rings. The molecular formula is C12H14ClN3O2. The Labute approximate surface area is 110 Å². The van der Waals surface area contributed by atoms with Crippen LogP contribution in [0.15, 0.2) is 28.8 Å². The van der Waals surface area contributed by atoms with E-state index in [4.69, 9.17) is 11.6 Å². The van der Waals surface area contributed by atoms with Gasteiger partial charge in [-0.25, -0.2) is 0 Å². The molecule has 6 heteroatoms. The lowest BCUT2D eigenvalue weighted by Gasteiger charge is -2.03. The molecule has 1 N–H and O–H groups in total.